The van der Waals surface area contributed by atoms with Crippen molar-refractivity contribution in [2.24, 2.45) is 5.92 Å². The zero-order valence-electron chi connectivity index (χ0n) is 18.8. The van der Waals surface area contributed by atoms with Crippen LogP contribution in [0.2, 0.25) is 0 Å². The summed E-state index contributed by atoms with van der Waals surface area (Å²) in [7, 11) is -2.60. The van der Waals surface area contributed by atoms with Gasteiger partial charge < -0.3 is 10.1 Å². The van der Waals surface area contributed by atoms with E-state index in [1.165, 1.54) is 17.3 Å². The molecule has 1 fully saturated rings. The van der Waals surface area contributed by atoms with Gasteiger partial charge in [0, 0.05) is 30.0 Å². The molecule has 0 spiro atoms. The maximum atomic E-state index is 14.4. The van der Waals surface area contributed by atoms with Crippen LogP contribution >= 0.6 is 0 Å². The SMILES string of the molecule is COC(=O)C(C)(NC(=O)C1CCN(S(=O)(=O)C=Cc2ccccc2)CC1)c1cc(F)ccc1F. The number of esters is 1. The predicted molar refractivity (Wildman–Crippen MR) is 123 cm³/mol. The van der Waals surface area contributed by atoms with Gasteiger partial charge in [0.15, 0.2) is 5.54 Å². The number of rotatable bonds is 7. The third-order valence-electron chi connectivity index (χ3n) is 5.85. The maximum Gasteiger partial charge on any atom is 0.336 e. The lowest BCUT2D eigenvalue weighted by atomic mass is 9.89. The highest BCUT2D eigenvalue weighted by atomic mass is 32.2. The zero-order valence-corrected chi connectivity index (χ0v) is 19.6. The largest absolute Gasteiger partial charge is 0.467 e. The molecule has 1 N–H and O–H groups in total. The third-order valence-corrected chi connectivity index (χ3v) is 7.42. The standard InChI is InChI=1S/C24H26F2N2O5S/c1-24(23(30)33-2,20-16-19(25)8-9-21(20)26)27-22(29)18-10-13-28(14-11-18)34(31,32)15-12-17-6-4-3-5-7-17/h3-9,12,15-16,18H,10-11,13-14H2,1-2H3,(H,27,29). The van der Waals surface area contributed by atoms with Gasteiger partial charge in [-0.2, -0.15) is 4.31 Å². The fourth-order valence-electron chi connectivity index (χ4n) is 3.85. The van der Waals surface area contributed by atoms with E-state index in [1.54, 1.807) is 24.3 Å². The van der Waals surface area contributed by atoms with Crippen LogP contribution in [0.5, 0.6) is 0 Å². The van der Waals surface area contributed by atoms with Crippen LogP contribution in [0.4, 0.5) is 8.78 Å². The number of hydrogen-bond donors (Lipinski definition) is 1. The monoisotopic (exact) mass is 492 g/mol. The Morgan fingerprint density at radius 2 is 1.76 bits per heavy atom. The summed E-state index contributed by atoms with van der Waals surface area (Å²) in [5.41, 5.74) is -1.58. The number of piperidine rings is 1. The highest BCUT2D eigenvalue weighted by molar-refractivity contribution is 7.92. The van der Waals surface area contributed by atoms with Crippen molar-refractivity contribution < 1.29 is 31.5 Å². The van der Waals surface area contributed by atoms with E-state index in [-0.39, 0.29) is 31.5 Å². The molecule has 1 unspecified atom stereocenters. The Kier molecular flexibility index (Phi) is 7.83. The molecule has 2 aromatic rings. The van der Waals surface area contributed by atoms with Crippen molar-refractivity contribution in [1.29, 1.82) is 0 Å². The number of amides is 1. The second-order valence-corrected chi connectivity index (χ2v) is 9.98. The average molecular weight is 493 g/mol. The van der Waals surface area contributed by atoms with E-state index >= 15 is 0 Å². The van der Waals surface area contributed by atoms with Crippen molar-refractivity contribution in [2.75, 3.05) is 20.2 Å². The van der Waals surface area contributed by atoms with E-state index < -0.39 is 45.0 Å². The van der Waals surface area contributed by atoms with Gasteiger partial charge in [-0.3, -0.25) is 4.79 Å². The normalized spacial score (nSPS) is 17.3. The van der Waals surface area contributed by atoms with Crippen molar-refractivity contribution >= 4 is 28.0 Å². The van der Waals surface area contributed by atoms with Crippen molar-refractivity contribution in [2.45, 2.75) is 25.3 Å². The molecule has 0 bridgehead atoms. The first-order valence-electron chi connectivity index (χ1n) is 10.7. The molecule has 1 heterocycles. The molecular weight excluding hydrogens is 466 g/mol. The van der Waals surface area contributed by atoms with Crippen LogP contribution in [-0.4, -0.2) is 44.8 Å². The lowest BCUT2D eigenvalue weighted by Crippen LogP contribution is -2.53. The summed E-state index contributed by atoms with van der Waals surface area (Å²) in [6.07, 6.45) is 1.91. The molecule has 1 aliphatic heterocycles. The van der Waals surface area contributed by atoms with Crippen molar-refractivity contribution in [1.82, 2.24) is 9.62 Å². The molecule has 1 atom stereocenters. The summed E-state index contributed by atoms with van der Waals surface area (Å²) in [5, 5.41) is 3.63. The first-order valence-corrected chi connectivity index (χ1v) is 12.2. The van der Waals surface area contributed by atoms with E-state index in [4.69, 9.17) is 4.74 Å². The van der Waals surface area contributed by atoms with Crippen LogP contribution in [0.3, 0.4) is 0 Å². The van der Waals surface area contributed by atoms with Crippen LogP contribution < -0.4 is 5.32 Å². The molecule has 0 aliphatic carbocycles. The Morgan fingerprint density at radius 1 is 1.12 bits per heavy atom. The van der Waals surface area contributed by atoms with E-state index in [9.17, 15) is 26.8 Å². The van der Waals surface area contributed by atoms with E-state index in [2.05, 4.69) is 5.32 Å². The molecule has 0 aromatic heterocycles. The zero-order chi connectivity index (χ0) is 24.9. The third kappa shape index (κ3) is 5.68. The van der Waals surface area contributed by atoms with E-state index in [0.29, 0.717) is 0 Å². The Labute approximate surface area is 197 Å². The molecule has 0 saturated carbocycles. The topological polar surface area (TPSA) is 92.8 Å². The van der Waals surface area contributed by atoms with Crippen molar-refractivity contribution in [3.05, 3.63) is 76.7 Å². The average Bonchev–Trinajstić information content (AvgIpc) is 2.84. The fraction of sp³-hybridized carbons (Fsp3) is 0.333. The Morgan fingerprint density at radius 3 is 2.38 bits per heavy atom. The highest BCUT2D eigenvalue weighted by Crippen LogP contribution is 2.28. The van der Waals surface area contributed by atoms with E-state index in [1.807, 2.05) is 6.07 Å². The number of methoxy groups -OCH3 is 1. The van der Waals surface area contributed by atoms with Gasteiger partial charge in [-0.1, -0.05) is 30.3 Å². The number of hydrogen-bond acceptors (Lipinski definition) is 5. The minimum Gasteiger partial charge on any atom is -0.467 e. The first kappa shape index (κ1) is 25.5. The summed E-state index contributed by atoms with van der Waals surface area (Å²) in [6.45, 7) is 1.44. The molecule has 1 saturated heterocycles. The Bertz CT molecular complexity index is 1180. The summed E-state index contributed by atoms with van der Waals surface area (Å²) in [5.74, 6) is -3.81. The van der Waals surface area contributed by atoms with Crippen molar-refractivity contribution in [3.8, 4) is 0 Å². The number of nitrogens with zero attached hydrogens (tertiary/aromatic N) is 1. The minimum atomic E-state index is -3.68. The molecule has 1 amide bonds. The summed E-state index contributed by atoms with van der Waals surface area (Å²) in [4.78, 5) is 25.4. The molecule has 3 rings (SSSR count). The molecule has 0 radical (unpaired) electrons. The van der Waals surface area contributed by atoms with Gasteiger partial charge >= 0.3 is 5.97 Å². The number of carbonyl (C=O) groups excluding carboxylic acids is 2. The van der Waals surface area contributed by atoms with Crippen molar-refractivity contribution in [3.63, 3.8) is 0 Å². The number of nitrogens with one attached hydrogen (secondary N) is 1. The molecule has 2 aromatic carbocycles. The van der Waals surface area contributed by atoms with Crippen LogP contribution in [0.1, 0.15) is 30.9 Å². The van der Waals surface area contributed by atoms with E-state index in [0.717, 1.165) is 36.3 Å². The van der Waals surface area contributed by atoms with Gasteiger partial charge in [0.05, 0.1) is 7.11 Å². The van der Waals surface area contributed by atoms with Crippen LogP contribution in [0.15, 0.2) is 53.9 Å². The highest BCUT2D eigenvalue weighted by Gasteiger charge is 2.42. The van der Waals surface area contributed by atoms with Gasteiger partial charge in [-0.05, 0) is 49.6 Å². The lowest BCUT2D eigenvalue weighted by Gasteiger charge is -2.33. The van der Waals surface area contributed by atoms with Crippen LogP contribution in [0.25, 0.3) is 6.08 Å². The predicted octanol–water partition coefficient (Wildman–Crippen LogP) is 3.18. The van der Waals surface area contributed by atoms with Crippen LogP contribution in [0, 0.1) is 17.6 Å². The number of ether oxygens (including phenoxy) is 1. The van der Waals surface area contributed by atoms with Gasteiger partial charge in [0.25, 0.3) is 0 Å². The molecule has 7 nitrogen and oxygen atoms in total. The molecule has 182 valence electrons. The second kappa shape index (κ2) is 10.4. The van der Waals surface area contributed by atoms with Gasteiger partial charge in [-0.15, -0.1) is 0 Å². The number of halogens is 2. The number of carbonyl (C=O) groups is 2. The summed E-state index contributed by atoms with van der Waals surface area (Å²) in [6, 6.07) is 11.6. The minimum absolute atomic E-state index is 0.100. The number of sulfonamides is 1. The quantitative estimate of drug-likeness (QED) is 0.600. The molecule has 10 heteroatoms. The lowest BCUT2D eigenvalue weighted by molar-refractivity contribution is -0.151. The first-order chi connectivity index (χ1) is 16.1. The molecule has 1 aliphatic rings. The molecule has 34 heavy (non-hydrogen) atoms. The maximum absolute atomic E-state index is 14.4. The Balaban J connectivity index is 1.70. The fourth-order valence-corrected chi connectivity index (χ4v) is 5.07. The smallest absolute Gasteiger partial charge is 0.336 e. The molecular formula is C24H26F2N2O5S. The van der Waals surface area contributed by atoms with Crippen LogP contribution in [-0.2, 0) is 29.9 Å². The Hall–Kier alpha value is -3.11. The van der Waals surface area contributed by atoms with Gasteiger partial charge in [-0.25, -0.2) is 22.0 Å². The summed E-state index contributed by atoms with van der Waals surface area (Å²) >= 11 is 0. The van der Waals surface area contributed by atoms with Gasteiger partial charge in [0.1, 0.15) is 11.6 Å². The van der Waals surface area contributed by atoms with Gasteiger partial charge in [0.2, 0.25) is 15.9 Å². The number of benzene rings is 2. The second-order valence-electron chi connectivity index (χ2n) is 8.16. The summed E-state index contributed by atoms with van der Waals surface area (Å²) < 4.78 is 59.5.